The van der Waals surface area contributed by atoms with Crippen molar-refractivity contribution in [2.75, 3.05) is 42.7 Å². The summed E-state index contributed by atoms with van der Waals surface area (Å²) in [5.41, 5.74) is 1.31. The molecule has 11 heteroatoms. The largest absolute Gasteiger partial charge is 0.496 e. The van der Waals surface area contributed by atoms with Crippen LogP contribution in [0.25, 0.3) is 11.4 Å². The Balaban J connectivity index is 2.10. The van der Waals surface area contributed by atoms with Crippen molar-refractivity contribution in [3.63, 3.8) is 0 Å². The maximum Gasteiger partial charge on any atom is 0.216 e. The summed E-state index contributed by atoms with van der Waals surface area (Å²) >= 11 is 5.38. The molecule has 1 heterocycles. The normalized spacial score (nSPS) is 10.8. The highest BCUT2D eigenvalue weighted by molar-refractivity contribution is 7.71. The molecule has 0 aliphatic carbocycles. The van der Waals surface area contributed by atoms with E-state index in [0.717, 1.165) is 0 Å². The molecule has 0 spiro atoms. The molecular formula is C21H24N4O6S. The summed E-state index contributed by atoms with van der Waals surface area (Å²) in [5.74, 6) is 3.51. The van der Waals surface area contributed by atoms with E-state index >= 15 is 0 Å². The number of aromatic amines is 1. The molecule has 32 heavy (non-hydrogen) atoms. The molecule has 0 saturated heterocycles. The molecule has 0 bridgehead atoms. The summed E-state index contributed by atoms with van der Waals surface area (Å²) in [6, 6.07) is 6.99. The first-order chi connectivity index (χ1) is 15.5. The van der Waals surface area contributed by atoms with Crippen molar-refractivity contribution in [3.8, 4) is 45.9 Å². The van der Waals surface area contributed by atoms with Gasteiger partial charge >= 0.3 is 0 Å². The molecule has 10 nitrogen and oxygen atoms in total. The Bertz CT molecular complexity index is 1160. The first-order valence-corrected chi connectivity index (χ1v) is 9.74. The third kappa shape index (κ3) is 4.33. The lowest BCUT2D eigenvalue weighted by Crippen LogP contribution is -2.00. The van der Waals surface area contributed by atoms with Gasteiger partial charge < -0.3 is 28.4 Å². The quantitative estimate of drug-likeness (QED) is 0.382. The van der Waals surface area contributed by atoms with Gasteiger partial charge in [0.2, 0.25) is 10.5 Å². The van der Waals surface area contributed by atoms with Crippen molar-refractivity contribution in [2.24, 2.45) is 5.10 Å². The average molecular weight is 461 g/mol. The third-order valence-corrected chi connectivity index (χ3v) is 4.89. The predicted octanol–water partition coefficient (Wildman–Crippen LogP) is 3.54. The van der Waals surface area contributed by atoms with Crippen LogP contribution in [0.15, 0.2) is 29.4 Å². The summed E-state index contributed by atoms with van der Waals surface area (Å²) in [4.78, 5) is 0. The maximum absolute atomic E-state index is 5.46. The molecular weight excluding hydrogens is 436 g/mol. The monoisotopic (exact) mass is 460 g/mol. The number of hydrogen-bond acceptors (Lipinski definition) is 9. The number of ether oxygens (including phenoxy) is 6. The zero-order valence-corrected chi connectivity index (χ0v) is 19.4. The van der Waals surface area contributed by atoms with E-state index in [9.17, 15) is 0 Å². The van der Waals surface area contributed by atoms with Gasteiger partial charge in [-0.1, -0.05) is 0 Å². The zero-order chi connectivity index (χ0) is 23.3. The van der Waals surface area contributed by atoms with Crippen LogP contribution < -0.4 is 28.4 Å². The van der Waals surface area contributed by atoms with Crippen LogP contribution in [-0.4, -0.2) is 63.7 Å². The number of aromatic nitrogens is 3. The topological polar surface area (TPSA) is 101 Å². The van der Waals surface area contributed by atoms with Gasteiger partial charge in [-0.2, -0.15) is 14.9 Å². The molecule has 1 N–H and O–H groups in total. The smallest absolute Gasteiger partial charge is 0.216 e. The summed E-state index contributed by atoms with van der Waals surface area (Å²) in [6.07, 6.45) is 1.59. The summed E-state index contributed by atoms with van der Waals surface area (Å²) in [7, 11) is 9.29. The molecule has 0 amide bonds. The number of H-pyrrole nitrogens is 1. The van der Waals surface area contributed by atoms with Crippen LogP contribution in [0.5, 0.6) is 34.5 Å². The van der Waals surface area contributed by atoms with E-state index in [2.05, 4.69) is 15.3 Å². The number of benzene rings is 2. The van der Waals surface area contributed by atoms with E-state index in [0.29, 0.717) is 56.2 Å². The fourth-order valence-electron chi connectivity index (χ4n) is 3.07. The van der Waals surface area contributed by atoms with Crippen molar-refractivity contribution < 1.29 is 28.4 Å². The maximum atomic E-state index is 5.46. The van der Waals surface area contributed by atoms with Gasteiger partial charge in [-0.15, -0.1) is 0 Å². The van der Waals surface area contributed by atoms with Crippen LogP contribution >= 0.6 is 12.2 Å². The van der Waals surface area contributed by atoms with Crippen LogP contribution in [-0.2, 0) is 0 Å². The van der Waals surface area contributed by atoms with E-state index in [1.54, 1.807) is 66.0 Å². The molecule has 170 valence electrons. The summed E-state index contributed by atoms with van der Waals surface area (Å²) in [5, 5.41) is 11.6. The van der Waals surface area contributed by atoms with Gasteiger partial charge in [0.15, 0.2) is 28.8 Å². The fourth-order valence-corrected chi connectivity index (χ4v) is 3.25. The molecule has 0 aliphatic rings. The Morgan fingerprint density at radius 3 is 1.88 bits per heavy atom. The molecule has 0 radical (unpaired) electrons. The molecule has 0 aliphatic heterocycles. The highest BCUT2D eigenvalue weighted by Gasteiger charge is 2.18. The van der Waals surface area contributed by atoms with Gasteiger partial charge in [0.05, 0.1) is 48.9 Å². The third-order valence-electron chi connectivity index (χ3n) is 4.62. The Morgan fingerprint density at radius 2 is 1.34 bits per heavy atom. The molecule has 3 rings (SSSR count). The van der Waals surface area contributed by atoms with Gasteiger partial charge in [-0.3, -0.25) is 0 Å². The minimum absolute atomic E-state index is 0.296. The lowest BCUT2D eigenvalue weighted by atomic mass is 10.1. The van der Waals surface area contributed by atoms with Crippen LogP contribution in [0.3, 0.4) is 0 Å². The zero-order valence-electron chi connectivity index (χ0n) is 18.6. The van der Waals surface area contributed by atoms with Crippen LogP contribution in [0.1, 0.15) is 5.56 Å². The summed E-state index contributed by atoms with van der Waals surface area (Å²) in [6.45, 7) is 0. The molecule has 1 aromatic heterocycles. The van der Waals surface area contributed by atoms with Crippen molar-refractivity contribution in [2.45, 2.75) is 0 Å². The highest BCUT2D eigenvalue weighted by Crippen LogP contribution is 2.41. The van der Waals surface area contributed by atoms with Crippen LogP contribution in [0, 0.1) is 4.77 Å². The van der Waals surface area contributed by atoms with Crippen LogP contribution in [0.2, 0.25) is 0 Å². The first kappa shape index (κ1) is 22.9. The van der Waals surface area contributed by atoms with Crippen molar-refractivity contribution in [3.05, 3.63) is 34.6 Å². The van der Waals surface area contributed by atoms with Crippen molar-refractivity contribution >= 4 is 18.4 Å². The standard InChI is InChI=1S/C21H24N4O6S/c1-26-14-10-16(28-3)15(27-2)9-13(14)11-22-25-20(23-24-21(25)32)12-7-17(29-4)19(31-6)18(8-12)30-5/h7-11H,1-6H3,(H,24,32)/b22-11-. The van der Waals surface area contributed by atoms with E-state index in [-0.39, 0.29) is 0 Å². The highest BCUT2D eigenvalue weighted by atomic mass is 32.1. The lowest BCUT2D eigenvalue weighted by molar-refractivity contribution is 0.324. The predicted molar refractivity (Wildman–Crippen MR) is 122 cm³/mol. The van der Waals surface area contributed by atoms with E-state index < -0.39 is 0 Å². The fraction of sp³-hybridized carbons (Fsp3) is 0.286. The lowest BCUT2D eigenvalue weighted by Gasteiger charge is -2.14. The van der Waals surface area contributed by atoms with Gasteiger partial charge in [0, 0.05) is 17.2 Å². The number of rotatable bonds is 9. The Kier molecular flexibility index (Phi) is 7.21. The number of hydrogen-bond donors (Lipinski definition) is 1. The Morgan fingerprint density at radius 1 is 0.781 bits per heavy atom. The molecule has 0 fully saturated rings. The van der Waals surface area contributed by atoms with Gasteiger partial charge in [0.25, 0.3) is 0 Å². The number of nitrogens with zero attached hydrogens (tertiary/aromatic N) is 3. The van der Waals surface area contributed by atoms with Crippen LogP contribution in [0.4, 0.5) is 0 Å². The van der Waals surface area contributed by atoms with Gasteiger partial charge in [-0.25, -0.2) is 5.10 Å². The minimum atomic E-state index is 0.296. The molecule has 0 unspecified atom stereocenters. The second-order valence-electron chi connectivity index (χ2n) is 6.27. The minimum Gasteiger partial charge on any atom is -0.496 e. The van der Waals surface area contributed by atoms with E-state index in [4.69, 9.17) is 40.6 Å². The SMILES string of the molecule is COc1cc(OC)c(OC)cc1/C=N\n1c(-c2cc(OC)c(OC)c(OC)c2)n[nH]c1=S. The van der Waals surface area contributed by atoms with E-state index in [1.165, 1.54) is 11.8 Å². The van der Waals surface area contributed by atoms with Gasteiger partial charge in [-0.05, 0) is 30.4 Å². The first-order valence-electron chi connectivity index (χ1n) is 9.33. The molecule has 0 saturated carbocycles. The Hall–Kier alpha value is -3.73. The molecule has 0 atom stereocenters. The van der Waals surface area contributed by atoms with Gasteiger partial charge in [0.1, 0.15) is 5.75 Å². The molecule has 3 aromatic rings. The van der Waals surface area contributed by atoms with Crippen molar-refractivity contribution in [1.82, 2.24) is 14.9 Å². The summed E-state index contributed by atoms with van der Waals surface area (Å²) < 4.78 is 34.2. The number of methoxy groups -OCH3 is 6. The second kappa shape index (κ2) is 10.1. The average Bonchev–Trinajstić information content (AvgIpc) is 3.20. The second-order valence-corrected chi connectivity index (χ2v) is 6.66. The number of nitrogens with one attached hydrogen (secondary N) is 1. The van der Waals surface area contributed by atoms with Crippen molar-refractivity contribution in [1.29, 1.82) is 0 Å². The Labute approximate surface area is 190 Å². The molecule has 2 aromatic carbocycles. The van der Waals surface area contributed by atoms with E-state index in [1.807, 2.05) is 0 Å².